The number of carbonyl (C=O) groups excluding carboxylic acids is 2. The van der Waals surface area contributed by atoms with Gasteiger partial charge in [0.1, 0.15) is 18.4 Å². The Hall–Kier alpha value is -3.60. The molecule has 0 spiro atoms. The van der Waals surface area contributed by atoms with E-state index in [1.807, 2.05) is 38.1 Å². The van der Waals surface area contributed by atoms with Crippen LogP contribution in [-0.2, 0) is 9.53 Å². The van der Waals surface area contributed by atoms with Crippen molar-refractivity contribution in [3.05, 3.63) is 89.5 Å². The molecule has 1 amide bonds. The zero-order chi connectivity index (χ0) is 22.7. The lowest BCUT2D eigenvalue weighted by Crippen LogP contribution is -2.34. The van der Waals surface area contributed by atoms with Gasteiger partial charge in [-0.25, -0.2) is 4.79 Å². The van der Waals surface area contributed by atoms with E-state index in [1.165, 1.54) is 18.1 Å². The smallest absolute Gasteiger partial charge is 0.408 e. The Balaban J connectivity index is 1.44. The minimum Gasteiger partial charge on any atom is -0.491 e. The first-order valence-electron chi connectivity index (χ1n) is 10.8. The summed E-state index contributed by atoms with van der Waals surface area (Å²) in [6, 6.07) is 22.7. The average molecular weight is 430 g/mol. The molecule has 3 aromatic carbocycles. The van der Waals surface area contributed by atoms with Crippen LogP contribution in [0.5, 0.6) is 5.75 Å². The van der Waals surface area contributed by atoms with Crippen molar-refractivity contribution in [1.82, 2.24) is 5.32 Å². The maximum absolute atomic E-state index is 12.6. The highest BCUT2D eigenvalue weighted by Gasteiger charge is 2.29. The van der Waals surface area contributed by atoms with Gasteiger partial charge in [0, 0.05) is 5.92 Å². The molecule has 164 valence electrons. The van der Waals surface area contributed by atoms with Crippen LogP contribution in [0.15, 0.2) is 72.8 Å². The number of nitrogens with one attached hydrogen (secondary N) is 1. The van der Waals surface area contributed by atoms with Crippen LogP contribution in [0, 0.1) is 0 Å². The molecule has 5 nitrogen and oxygen atoms in total. The summed E-state index contributed by atoms with van der Waals surface area (Å²) in [6.45, 7) is 5.55. The summed E-state index contributed by atoms with van der Waals surface area (Å²) in [7, 11) is 0. The molecule has 5 heteroatoms. The standard InChI is InChI=1S/C27H27NO4/c1-17(2)32-20-14-12-19(13-15-20)26(18(3)29)28-27(30)31-16-25-23-10-6-4-8-21(23)22-9-5-7-11-24(22)25/h4-15,17,25-26H,16H2,1-3H3,(H,28,30). The summed E-state index contributed by atoms with van der Waals surface area (Å²) in [5.74, 6) is 0.514. The molecular formula is C27H27NO4. The quantitative estimate of drug-likeness (QED) is 0.528. The summed E-state index contributed by atoms with van der Waals surface area (Å²) >= 11 is 0. The van der Waals surface area contributed by atoms with Gasteiger partial charge in [-0.2, -0.15) is 0 Å². The predicted octanol–water partition coefficient (Wildman–Crippen LogP) is 5.64. The van der Waals surface area contributed by atoms with Crippen molar-refractivity contribution in [2.45, 2.75) is 38.8 Å². The molecule has 0 aromatic heterocycles. The fraction of sp³-hybridized carbons (Fsp3) is 0.259. The molecule has 1 N–H and O–H groups in total. The van der Waals surface area contributed by atoms with Crippen LogP contribution >= 0.6 is 0 Å². The predicted molar refractivity (Wildman–Crippen MR) is 124 cm³/mol. The number of fused-ring (bicyclic) bond motifs is 3. The lowest BCUT2D eigenvalue weighted by molar-refractivity contribution is -0.119. The average Bonchev–Trinajstić information content (AvgIpc) is 3.10. The van der Waals surface area contributed by atoms with Crippen molar-refractivity contribution < 1.29 is 19.1 Å². The Kier molecular flexibility index (Phi) is 6.26. The summed E-state index contributed by atoms with van der Waals surface area (Å²) in [4.78, 5) is 24.8. The van der Waals surface area contributed by atoms with E-state index in [1.54, 1.807) is 24.3 Å². The second-order valence-electron chi connectivity index (χ2n) is 8.25. The third-order valence-electron chi connectivity index (χ3n) is 5.60. The summed E-state index contributed by atoms with van der Waals surface area (Å²) in [5, 5.41) is 2.71. The topological polar surface area (TPSA) is 64.6 Å². The first-order chi connectivity index (χ1) is 15.4. The number of ketones is 1. The molecule has 0 heterocycles. The van der Waals surface area contributed by atoms with E-state index >= 15 is 0 Å². The molecule has 0 radical (unpaired) electrons. The molecule has 1 unspecified atom stereocenters. The van der Waals surface area contributed by atoms with Gasteiger partial charge in [-0.15, -0.1) is 0 Å². The molecule has 32 heavy (non-hydrogen) atoms. The van der Waals surface area contributed by atoms with Crippen molar-refractivity contribution in [2.24, 2.45) is 0 Å². The van der Waals surface area contributed by atoms with Crippen LogP contribution < -0.4 is 10.1 Å². The Morgan fingerprint density at radius 1 is 0.875 bits per heavy atom. The number of Topliss-reactive ketones (excluding diaryl/α,β-unsaturated/α-hetero) is 1. The number of hydrogen-bond donors (Lipinski definition) is 1. The SMILES string of the molecule is CC(=O)C(NC(=O)OCC1c2ccccc2-c2ccccc21)c1ccc(OC(C)C)cc1. The van der Waals surface area contributed by atoms with Crippen molar-refractivity contribution in [2.75, 3.05) is 6.61 Å². The summed E-state index contributed by atoms with van der Waals surface area (Å²) in [6.07, 6.45) is -0.557. The zero-order valence-electron chi connectivity index (χ0n) is 18.5. The van der Waals surface area contributed by atoms with Gasteiger partial charge < -0.3 is 14.8 Å². The minimum atomic E-state index is -0.779. The number of ether oxygens (including phenoxy) is 2. The number of rotatable bonds is 7. The lowest BCUT2D eigenvalue weighted by Gasteiger charge is -2.19. The maximum Gasteiger partial charge on any atom is 0.408 e. The van der Waals surface area contributed by atoms with Gasteiger partial charge >= 0.3 is 6.09 Å². The van der Waals surface area contributed by atoms with E-state index in [0.717, 1.165) is 11.1 Å². The second-order valence-corrected chi connectivity index (χ2v) is 8.25. The lowest BCUT2D eigenvalue weighted by atomic mass is 9.98. The monoisotopic (exact) mass is 429 g/mol. The molecule has 0 saturated heterocycles. The number of benzene rings is 3. The van der Waals surface area contributed by atoms with Gasteiger partial charge in [0.15, 0.2) is 5.78 Å². The molecule has 1 aliphatic rings. The van der Waals surface area contributed by atoms with E-state index in [4.69, 9.17) is 9.47 Å². The van der Waals surface area contributed by atoms with Crippen LogP contribution in [0.2, 0.25) is 0 Å². The number of amides is 1. The van der Waals surface area contributed by atoms with Crippen molar-refractivity contribution >= 4 is 11.9 Å². The van der Waals surface area contributed by atoms with Crippen LogP contribution in [0.1, 0.15) is 49.4 Å². The molecule has 4 rings (SSSR count). The normalized spacial score (nSPS) is 13.2. The molecule has 1 atom stereocenters. The van der Waals surface area contributed by atoms with E-state index in [9.17, 15) is 9.59 Å². The summed E-state index contributed by atoms with van der Waals surface area (Å²) in [5.41, 5.74) is 5.31. The number of hydrogen-bond acceptors (Lipinski definition) is 4. The molecule has 0 fully saturated rings. The molecular weight excluding hydrogens is 402 g/mol. The Morgan fingerprint density at radius 3 is 1.97 bits per heavy atom. The first-order valence-corrected chi connectivity index (χ1v) is 10.8. The van der Waals surface area contributed by atoms with E-state index in [-0.39, 0.29) is 24.4 Å². The van der Waals surface area contributed by atoms with Crippen LogP contribution in [0.4, 0.5) is 4.79 Å². The van der Waals surface area contributed by atoms with Crippen LogP contribution in [0.3, 0.4) is 0 Å². The molecule has 0 saturated carbocycles. The summed E-state index contributed by atoms with van der Waals surface area (Å²) < 4.78 is 11.2. The van der Waals surface area contributed by atoms with Gasteiger partial charge in [0.25, 0.3) is 0 Å². The van der Waals surface area contributed by atoms with E-state index < -0.39 is 12.1 Å². The first kappa shape index (κ1) is 21.6. The van der Waals surface area contributed by atoms with Gasteiger partial charge in [0.05, 0.1) is 6.10 Å². The number of carbonyl (C=O) groups is 2. The Morgan fingerprint density at radius 2 is 1.44 bits per heavy atom. The molecule has 1 aliphatic carbocycles. The highest BCUT2D eigenvalue weighted by atomic mass is 16.5. The Labute approximate surface area is 188 Å². The van der Waals surface area contributed by atoms with Gasteiger partial charge in [-0.1, -0.05) is 60.7 Å². The second kappa shape index (κ2) is 9.27. The van der Waals surface area contributed by atoms with Gasteiger partial charge in [0.2, 0.25) is 0 Å². The van der Waals surface area contributed by atoms with Crippen molar-refractivity contribution in [3.63, 3.8) is 0 Å². The van der Waals surface area contributed by atoms with Crippen LogP contribution in [-0.4, -0.2) is 24.6 Å². The van der Waals surface area contributed by atoms with Gasteiger partial charge in [-0.3, -0.25) is 4.79 Å². The van der Waals surface area contributed by atoms with E-state index in [2.05, 4.69) is 29.6 Å². The zero-order valence-corrected chi connectivity index (χ0v) is 18.5. The van der Waals surface area contributed by atoms with Crippen molar-refractivity contribution in [1.29, 1.82) is 0 Å². The van der Waals surface area contributed by atoms with Crippen LogP contribution in [0.25, 0.3) is 11.1 Å². The fourth-order valence-electron chi connectivity index (χ4n) is 4.19. The van der Waals surface area contributed by atoms with Crippen molar-refractivity contribution in [3.8, 4) is 16.9 Å². The number of alkyl carbamates (subject to hydrolysis) is 1. The highest BCUT2D eigenvalue weighted by Crippen LogP contribution is 2.44. The third-order valence-corrected chi connectivity index (χ3v) is 5.60. The molecule has 0 bridgehead atoms. The molecule has 0 aliphatic heterocycles. The Bertz CT molecular complexity index is 1080. The van der Waals surface area contributed by atoms with E-state index in [0.29, 0.717) is 11.3 Å². The third kappa shape index (κ3) is 4.52. The maximum atomic E-state index is 12.6. The molecule has 3 aromatic rings. The van der Waals surface area contributed by atoms with Gasteiger partial charge in [-0.05, 0) is 60.7 Å². The highest BCUT2D eigenvalue weighted by molar-refractivity contribution is 5.86. The largest absolute Gasteiger partial charge is 0.491 e. The minimum absolute atomic E-state index is 0.0311. The fourth-order valence-corrected chi connectivity index (χ4v) is 4.19.